The average molecular weight is 245 g/mol. The lowest BCUT2D eigenvalue weighted by Gasteiger charge is -2.27. The molecule has 0 bridgehead atoms. The van der Waals surface area contributed by atoms with Gasteiger partial charge in [0.15, 0.2) is 0 Å². The number of carbonyl (C=O) groups is 1. The van der Waals surface area contributed by atoms with Crippen molar-refractivity contribution in [2.75, 3.05) is 20.2 Å². The number of fused-ring (bicyclic) bond motifs is 1. The largest absolute Gasteiger partial charge is 0.496 e. The Morgan fingerprint density at radius 3 is 3.00 bits per heavy atom. The predicted molar refractivity (Wildman–Crippen MR) is 70.0 cm³/mol. The van der Waals surface area contributed by atoms with E-state index in [1.807, 2.05) is 12.1 Å². The van der Waals surface area contributed by atoms with Gasteiger partial charge in [-0.2, -0.15) is 0 Å². The second kappa shape index (κ2) is 4.73. The van der Waals surface area contributed by atoms with E-state index in [4.69, 9.17) is 4.74 Å². The Kier molecular flexibility index (Phi) is 3.08. The number of nitrogens with zero attached hydrogens (tertiary/aromatic N) is 1. The standard InChI is InChI=1S/C15H19NO2/c1-18-15-5-3-2-4-14(15)11-8-12-9-13(17)6-7-16(12)10-11/h2-5,11-12H,6-10H2,1H3/t11-,12+/m1/s1. The highest BCUT2D eigenvalue weighted by Crippen LogP contribution is 2.38. The van der Waals surface area contributed by atoms with Crippen molar-refractivity contribution >= 4 is 5.78 Å². The first-order chi connectivity index (χ1) is 8.78. The summed E-state index contributed by atoms with van der Waals surface area (Å²) in [6.07, 6.45) is 2.56. The summed E-state index contributed by atoms with van der Waals surface area (Å²) in [5.41, 5.74) is 1.29. The van der Waals surface area contributed by atoms with E-state index in [0.717, 1.165) is 38.1 Å². The number of hydrogen-bond donors (Lipinski definition) is 0. The van der Waals surface area contributed by atoms with Crippen molar-refractivity contribution in [2.45, 2.75) is 31.2 Å². The minimum Gasteiger partial charge on any atom is -0.496 e. The molecule has 0 saturated carbocycles. The highest BCUT2D eigenvalue weighted by molar-refractivity contribution is 5.80. The molecule has 0 spiro atoms. The summed E-state index contributed by atoms with van der Waals surface area (Å²) in [6, 6.07) is 8.72. The molecule has 0 amide bonds. The number of ketones is 1. The van der Waals surface area contributed by atoms with Crippen molar-refractivity contribution in [2.24, 2.45) is 0 Å². The van der Waals surface area contributed by atoms with Crippen LogP contribution < -0.4 is 4.74 Å². The summed E-state index contributed by atoms with van der Waals surface area (Å²) >= 11 is 0. The van der Waals surface area contributed by atoms with E-state index >= 15 is 0 Å². The number of methoxy groups -OCH3 is 1. The number of carbonyl (C=O) groups excluding carboxylic acids is 1. The van der Waals surface area contributed by atoms with Crippen LogP contribution in [-0.4, -0.2) is 36.9 Å². The molecular weight excluding hydrogens is 226 g/mol. The van der Waals surface area contributed by atoms with Crippen molar-refractivity contribution in [1.82, 2.24) is 4.90 Å². The second-order valence-electron chi connectivity index (χ2n) is 5.32. The molecule has 0 N–H and O–H groups in total. The molecule has 2 atom stereocenters. The number of ether oxygens (including phenoxy) is 1. The molecule has 1 aromatic carbocycles. The number of piperidine rings is 1. The predicted octanol–water partition coefficient (Wildman–Crippen LogP) is 2.22. The molecule has 96 valence electrons. The quantitative estimate of drug-likeness (QED) is 0.800. The third-order valence-corrected chi connectivity index (χ3v) is 4.25. The molecule has 2 aliphatic rings. The molecule has 18 heavy (non-hydrogen) atoms. The second-order valence-corrected chi connectivity index (χ2v) is 5.32. The Morgan fingerprint density at radius 1 is 1.33 bits per heavy atom. The Hall–Kier alpha value is -1.35. The minimum atomic E-state index is 0.428. The van der Waals surface area contributed by atoms with E-state index in [1.54, 1.807) is 7.11 Å². The molecule has 3 rings (SSSR count). The molecule has 2 fully saturated rings. The van der Waals surface area contributed by atoms with Crippen molar-refractivity contribution in [1.29, 1.82) is 0 Å². The van der Waals surface area contributed by atoms with Crippen LogP contribution in [0.2, 0.25) is 0 Å². The van der Waals surface area contributed by atoms with Crippen LogP contribution >= 0.6 is 0 Å². The van der Waals surface area contributed by atoms with Gasteiger partial charge in [0.1, 0.15) is 11.5 Å². The molecule has 1 aromatic rings. The van der Waals surface area contributed by atoms with E-state index < -0.39 is 0 Å². The minimum absolute atomic E-state index is 0.428. The maximum Gasteiger partial charge on any atom is 0.135 e. The molecule has 0 aliphatic carbocycles. The summed E-state index contributed by atoms with van der Waals surface area (Å²) in [5, 5.41) is 0. The van der Waals surface area contributed by atoms with Gasteiger partial charge in [-0.25, -0.2) is 0 Å². The molecule has 2 saturated heterocycles. The zero-order valence-electron chi connectivity index (χ0n) is 10.8. The normalized spacial score (nSPS) is 28.2. The van der Waals surface area contributed by atoms with Crippen LogP contribution in [0.25, 0.3) is 0 Å². The molecule has 2 heterocycles. The monoisotopic (exact) mass is 245 g/mol. The summed E-state index contributed by atoms with van der Waals surface area (Å²) in [5.74, 6) is 1.92. The van der Waals surface area contributed by atoms with Gasteiger partial charge in [-0.1, -0.05) is 18.2 Å². The smallest absolute Gasteiger partial charge is 0.135 e. The molecule has 0 radical (unpaired) electrons. The van der Waals surface area contributed by atoms with Gasteiger partial charge in [0.2, 0.25) is 0 Å². The number of Topliss-reactive ketones (excluding diaryl/α,β-unsaturated/α-hetero) is 1. The third kappa shape index (κ3) is 2.03. The fourth-order valence-electron chi connectivity index (χ4n) is 3.33. The lowest BCUT2D eigenvalue weighted by Crippen LogP contribution is -2.38. The van der Waals surface area contributed by atoms with Crippen LogP contribution in [0.15, 0.2) is 24.3 Å². The SMILES string of the molecule is COc1ccccc1[C@@H]1C[C@H]2CC(=O)CCN2C1. The Bertz CT molecular complexity index is 458. The van der Waals surface area contributed by atoms with Gasteiger partial charge in [-0.15, -0.1) is 0 Å². The molecular formula is C15H19NO2. The van der Waals surface area contributed by atoms with Crippen molar-refractivity contribution < 1.29 is 9.53 Å². The molecule has 0 aromatic heterocycles. The fourth-order valence-corrected chi connectivity index (χ4v) is 3.33. The van der Waals surface area contributed by atoms with E-state index in [2.05, 4.69) is 17.0 Å². The highest BCUT2D eigenvalue weighted by atomic mass is 16.5. The van der Waals surface area contributed by atoms with Crippen LogP contribution in [0.4, 0.5) is 0 Å². The van der Waals surface area contributed by atoms with Crippen LogP contribution in [0, 0.1) is 0 Å². The van der Waals surface area contributed by atoms with Crippen LogP contribution in [0.5, 0.6) is 5.75 Å². The van der Waals surface area contributed by atoms with Gasteiger partial charge in [0.25, 0.3) is 0 Å². The number of hydrogen-bond acceptors (Lipinski definition) is 3. The number of rotatable bonds is 2. The molecule has 0 unspecified atom stereocenters. The number of para-hydroxylation sites is 1. The van der Waals surface area contributed by atoms with Gasteiger partial charge in [-0.3, -0.25) is 9.69 Å². The average Bonchev–Trinajstić information content (AvgIpc) is 2.81. The third-order valence-electron chi connectivity index (χ3n) is 4.25. The van der Waals surface area contributed by atoms with E-state index in [1.165, 1.54) is 5.56 Å². The summed E-state index contributed by atoms with van der Waals surface area (Å²) in [6.45, 7) is 2.01. The summed E-state index contributed by atoms with van der Waals surface area (Å²) in [7, 11) is 1.73. The van der Waals surface area contributed by atoms with E-state index in [-0.39, 0.29) is 0 Å². The first-order valence-electron chi connectivity index (χ1n) is 6.66. The molecule has 2 aliphatic heterocycles. The number of benzene rings is 1. The van der Waals surface area contributed by atoms with E-state index in [0.29, 0.717) is 17.7 Å². The van der Waals surface area contributed by atoms with Gasteiger partial charge in [0, 0.05) is 37.9 Å². The van der Waals surface area contributed by atoms with Gasteiger partial charge >= 0.3 is 0 Å². The topological polar surface area (TPSA) is 29.5 Å². The van der Waals surface area contributed by atoms with Crippen LogP contribution in [0.1, 0.15) is 30.7 Å². The first kappa shape index (κ1) is 11.7. The maximum atomic E-state index is 11.5. The lowest BCUT2D eigenvalue weighted by molar-refractivity contribution is -0.122. The lowest BCUT2D eigenvalue weighted by atomic mass is 9.93. The Labute approximate surface area is 108 Å². The van der Waals surface area contributed by atoms with Crippen LogP contribution in [0.3, 0.4) is 0 Å². The van der Waals surface area contributed by atoms with Gasteiger partial charge < -0.3 is 4.74 Å². The molecule has 3 nitrogen and oxygen atoms in total. The van der Waals surface area contributed by atoms with Gasteiger partial charge in [-0.05, 0) is 18.1 Å². The Balaban J connectivity index is 1.80. The maximum absolute atomic E-state index is 11.5. The fraction of sp³-hybridized carbons (Fsp3) is 0.533. The Morgan fingerprint density at radius 2 is 2.17 bits per heavy atom. The summed E-state index contributed by atoms with van der Waals surface area (Å²) in [4.78, 5) is 14.0. The van der Waals surface area contributed by atoms with E-state index in [9.17, 15) is 4.79 Å². The first-order valence-corrected chi connectivity index (χ1v) is 6.66. The van der Waals surface area contributed by atoms with Crippen molar-refractivity contribution in [3.05, 3.63) is 29.8 Å². The van der Waals surface area contributed by atoms with Gasteiger partial charge in [0.05, 0.1) is 7.11 Å². The van der Waals surface area contributed by atoms with Crippen molar-refractivity contribution in [3.63, 3.8) is 0 Å². The zero-order chi connectivity index (χ0) is 12.5. The van der Waals surface area contributed by atoms with Crippen molar-refractivity contribution in [3.8, 4) is 5.75 Å². The van der Waals surface area contributed by atoms with Crippen LogP contribution in [-0.2, 0) is 4.79 Å². The summed E-state index contributed by atoms with van der Waals surface area (Å²) < 4.78 is 5.45. The zero-order valence-corrected chi connectivity index (χ0v) is 10.8. The highest BCUT2D eigenvalue weighted by Gasteiger charge is 2.37. The molecule has 3 heteroatoms.